The van der Waals surface area contributed by atoms with Crippen molar-refractivity contribution in [3.63, 3.8) is 0 Å². The van der Waals surface area contributed by atoms with Gasteiger partial charge in [0.2, 0.25) is 5.24 Å². The summed E-state index contributed by atoms with van der Waals surface area (Å²) in [5, 5.41) is -0.263. The van der Waals surface area contributed by atoms with Crippen molar-refractivity contribution in [1.82, 2.24) is 0 Å². The lowest BCUT2D eigenvalue weighted by Crippen LogP contribution is -1.95. The van der Waals surface area contributed by atoms with E-state index < -0.39 is 0 Å². The molecule has 0 heterocycles. The maximum atomic E-state index is 10.6. The molecule has 82 valence electrons. The molecule has 0 bridgehead atoms. The molecule has 0 atom stereocenters. The van der Waals surface area contributed by atoms with Crippen LogP contribution in [-0.2, 0) is 17.6 Å². The Morgan fingerprint density at radius 1 is 1.20 bits per heavy atom. The van der Waals surface area contributed by atoms with Gasteiger partial charge in [-0.3, -0.25) is 4.79 Å². The van der Waals surface area contributed by atoms with E-state index in [1.807, 2.05) is 0 Å². The molecule has 0 saturated carbocycles. The lowest BCUT2D eigenvalue weighted by atomic mass is 10.0. The first-order valence-electron chi connectivity index (χ1n) is 5.34. The van der Waals surface area contributed by atoms with Crippen molar-refractivity contribution in [2.24, 2.45) is 5.92 Å². The van der Waals surface area contributed by atoms with Gasteiger partial charge < -0.3 is 0 Å². The maximum Gasteiger partial charge on any atom is 0.221 e. The highest BCUT2D eigenvalue weighted by Gasteiger charge is 2.00. The smallest absolute Gasteiger partial charge is 0.221 e. The van der Waals surface area contributed by atoms with Gasteiger partial charge in [0.25, 0.3) is 0 Å². The lowest BCUT2D eigenvalue weighted by Gasteiger charge is -2.05. The fraction of sp³-hybridized carbons (Fsp3) is 0.462. The maximum absolute atomic E-state index is 10.6. The van der Waals surface area contributed by atoms with Crippen molar-refractivity contribution in [2.45, 2.75) is 33.1 Å². The number of aryl methyl sites for hydroxylation is 1. The minimum atomic E-state index is -0.263. The summed E-state index contributed by atoms with van der Waals surface area (Å²) in [6.07, 6.45) is 2.27. The summed E-state index contributed by atoms with van der Waals surface area (Å²) in [6, 6.07) is 8.43. The van der Waals surface area contributed by atoms with E-state index in [0.29, 0.717) is 12.3 Å². The molecule has 0 spiro atoms. The van der Waals surface area contributed by atoms with Gasteiger partial charge in [-0.1, -0.05) is 38.1 Å². The second-order valence-corrected chi connectivity index (χ2v) is 4.69. The minimum Gasteiger partial charge on any atom is -0.281 e. The van der Waals surface area contributed by atoms with Gasteiger partial charge in [-0.05, 0) is 41.5 Å². The average molecular weight is 225 g/mol. The Kier molecular flexibility index (Phi) is 4.83. The number of carbonyl (C=O) groups is 1. The number of hydrogen-bond donors (Lipinski definition) is 0. The molecule has 0 aliphatic heterocycles. The van der Waals surface area contributed by atoms with Gasteiger partial charge in [0.05, 0.1) is 0 Å². The van der Waals surface area contributed by atoms with Crippen LogP contribution in [0.1, 0.15) is 31.4 Å². The molecular formula is C13H17ClO. The van der Waals surface area contributed by atoms with Crippen LogP contribution in [0.2, 0.25) is 0 Å². The summed E-state index contributed by atoms with van der Waals surface area (Å²) in [6.45, 7) is 4.42. The van der Waals surface area contributed by atoms with Crippen molar-refractivity contribution in [2.75, 3.05) is 0 Å². The van der Waals surface area contributed by atoms with Gasteiger partial charge in [0.15, 0.2) is 0 Å². The molecule has 2 heteroatoms. The molecule has 0 aromatic heterocycles. The predicted octanol–water partition coefficient (Wildman–Crippen LogP) is 3.58. The van der Waals surface area contributed by atoms with Crippen molar-refractivity contribution in [3.8, 4) is 0 Å². The summed E-state index contributed by atoms with van der Waals surface area (Å²) in [5.41, 5.74) is 2.53. The van der Waals surface area contributed by atoms with Gasteiger partial charge in [0.1, 0.15) is 0 Å². The summed E-state index contributed by atoms with van der Waals surface area (Å²) in [7, 11) is 0. The highest BCUT2D eigenvalue weighted by molar-refractivity contribution is 6.63. The van der Waals surface area contributed by atoms with E-state index in [2.05, 4.69) is 38.1 Å². The zero-order valence-corrected chi connectivity index (χ0v) is 10.1. The summed E-state index contributed by atoms with van der Waals surface area (Å²) in [5.74, 6) is 0.681. The average Bonchev–Trinajstić information content (AvgIpc) is 2.16. The van der Waals surface area contributed by atoms with E-state index in [4.69, 9.17) is 11.6 Å². The molecule has 0 saturated heterocycles. The molecule has 0 radical (unpaired) electrons. The summed E-state index contributed by atoms with van der Waals surface area (Å²) >= 11 is 5.29. The van der Waals surface area contributed by atoms with Crippen LogP contribution in [0.4, 0.5) is 0 Å². The topological polar surface area (TPSA) is 17.1 Å². The Hall–Kier alpha value is -0.820. The van der Waals surface area contributed by atoms with Crippen LogP contribution in [0.5, 0.6) is 0 Å². The van der Waals surface area contributed by atoms with Crippen molar-refractivity contribution >= 4 is 16.8 Å². The number of benzene rings is 1. The highest BCUT2D eigenvalue weighted by atomic mass is 35.5. The first-order valence-corrected chi connectivity index (χ1v) is 5.72. The van der Waals surface area contributed by atoms with Crippen LogP contribution in [0.25, 0.3) is 0 Å². The Balaban J connectivity index is 2.52. The number of rotatable bonds is 5. The predicted molar refractivity (Wildman–Crippen MR) is 64.2 cm³/mol. The second-order valence-electron chi connectivity index (χ2n) is 4.27. The second kappa shape index (κ2) is 5.92. The van der Waals surface area contributed by atoms with Gasteiger partial charge in [0, 0.05) is 6.42 Å². The fourth-order valence-electron chi connectivity index (χ4n) is 1.56. The van der Waals surface area contributed by atoms with Crippen LogP contribution in [0, 0.1) is 5.92 Å². The SMILES string of the molecule is CC(C)Cc1ccc(CCC(=O)Cl)cc1. The number of halogens is 1. The van der Waals surface area contributed by atoms with Crippen LogP contribution in [0.15, 0.2) is 24.3 Å². The van der Waals surface area contributed by atoms with E-state index in [-0.39, 0.29) is 5.24 Å². The number of carbonyl (C=O) groups excluding carboxylic acids is 1. The Morgan fingerprint density at radius 3 is 2.20 bits per heavy atom. The van der Waals surface area contributed by atoms with E-state index in [1.54, 1.807) is 0 Å². The van der Waals surface area contributed by atoms with Gasteiger partial charge in [-0.15, -0.1) is 0 Å². The van der Waals surface area contributed by atoms with E-state index in [1.165, 1.54) is 11.1 Å². The molecule has 15 heavy (non-hydrogen) atoms. The van der Waals surface area contributed by atoms with Gasteiger partial charge in [-0.25, -0.2) is 0 Å². The summed E-state index contributed by atoms with van der Waals surface area (Å²) < 4.78 is 0. The molecule has 1 aromatic carbocycles. The molecule has 0 aliphatic carbocycles. The minimum absolute atomic E-state index is 0.263. The summed E-state index contributed by atoms with van der Waals surface area (Å²) in [4.78, 5) is 10.6. The monoisotopic (exact) mass is 224 g/mol. The van der Waals surface area contributed by atoms with E-state index >= 15 is 0 Å². The molecule has 0 aliphatic rings. The Labute approximate surface area is 96.5 Å². The normalized spacial score (nSPS) is 10.7. The standard InChI is InChI=1S/C13H17ClO/c1-10(2)9-12-5-3-11(4-6-12)7-8-13(14)15/h3-6,10H,7-9H2,1-2H3. The van der Waals surface area contributed by atoms with E-state index in [9.17, 15) is 4.79 Å². The van der Waals surface area contributed by atoms with Crippen LogP contribution < -0.4 is 0 Å². The first-order chi connectivity index (χ1) is 7.08. The van der Waals surface area contributed by atoms with E-state index in [0.717, 1.165) is 12.8 Å². The molecule has 0 unspecified atom stereocenters. The van der Waals surface area contributed by atoms with Gasteiger partial charge in [-0.2, -0.15) is 0 Å². The molecule has 1 aromatic rings. The highest BCUT2D eigenvalue weighted by Crippen LogP contribution is 2.11. The molecule has 0 fully saturated rings. The van der Waals surface area contributed by atoms with Crippen molar-refractivity contribution < 1.29 is 4.79 Å². The third-order valence-electron chi connectivity index (χ3n) is 2.28. The first kappa shape index (κ1) is 12.3. The molecule has 0 amide bonds. The largest absolute Gasteiger partial charge is 0.281 e. The van der Waals surface area contributed by atoms with Crippen molar-refractivity contribution in [3.05, 3.63) is 35.4 Å². The van der Waals surface area contributed by atoms with Crippen LogP contribution in [0.3, 0.4) is 0 Å². The molecular weight excluding hydrogens is 208 g/mol. The quantitative estimate of drug-likeness (QED) is 0.699. The van der Waals surface area contributed by atoms with Gasteiger partial charge >= 0.3 is 0 Å². The van der Waals surface area contributed by atoms with Crippen molar-refractivity contribution in [1.29, 1.82) is 0 Å². The Bertz CT molecular complexity index is 314. The zero-order valence-electron chi connectivity index (χ0n) is 9.29. The third kappa shape index (κ3) is 4.98. The molecule has 1 rings (SSSR count). The fourth-order valence-corrected chi connectivity index (χ4v) is 1.65. The third-order valence-corrected chi connectivity index (χ3v) is 2.47. The molecule has 1 nitrogen and oxygen atoms in total. The molecule has 0 N–H and O–H groups in total. The Morgan fingerprint density at radius 2 is 1.73 bits per heavy atom. The zero-order chi connectivity index (χ0) is 11.3. The number of hydrogen-bond acceptors (Lipinski definition) is 1. The van der Waals surface area contributed by atoms with Crippen LogP contribution in [-0.4, -0.2) is 5.24 Å². The lowest BCUT2D eigenvalue weighted by molar-refractivity contribution is -0.111. The van der Waals surface area contributed by atoms with Crippen LogP contribution >= 0.6 is 11.6 Å².